The molecule has 0 spiro atoms. The van der Waals surface area contributed by atoms with E-state index in [1.807, 2.05) is 11.8 Å². The Balaban J connectivity index is 2.43. The van der Waals surface area contributed by atoms with Crippen molar-refractivity contribution in [2.75, 3.05) is 26.2 Å². The zero-order valence-electron chi connectivity index (χ0n) is 9.12. The standard InChI is InChI=1S/C10H18N2O2/c1-8(9(2)13)11-4-6-12(7-5-11)10(3)14/h8H,4-7H2,1-3H3. The van der Waals surface area contributed by atoms with Gasteiger partial charge in [0, 0.05) is 33.1 Å². The molecule has 1 amide bonds. The minimum atomic E-state index is -0.0101. The molecular formula is C10H18N2O2. The molecule has 1 atom stereocenters. The molecule has 1 aliphatic rings. The number of nitrogens with zero attached hydrogens (tertiary/aromatic N) is 2. The molecule has 1 fully saturated rings. The number of carbonyl (C=O) groups excluding carboxylic acids is 2. The van der Waals surface area contributed by atoms with Gasteiger partial charge in [0.1, 0.15) is 5.78 Å². The Morgan fingerprint density at radius 1 is 1.07 bits per heavy atom. The highest BCUT2D eigenvalue weighted by Crippen LogP contribution is 2.06. The second-order valence-electron chi connectivity index (χ2n) is 3.83. The Morgan fingerprint density at radius 3 is 1.93 bits per heavy atom. The smallest absolute Gasteiger partial charge is 0.219 e. The summed E-state index contributed by atoms with van der Waals surface area (Å²) in [5.74, 6) is 0.321. The summed E-state index contributed by atoms with van der Waals surface area (Å²) in [7, 11) is 0. The van der Waals surface area contributed by atoms with Gasteiger partial charge in [-0.15, -0.1) is 0 Å². The molecule has 0 radical (unpaired) electrons. The van der Waals surface area contributed by atoms with Crippen LogP contribution in [0.2, 0.25) is 0 Å². The molecule has 1 aliphatic heterocycles. The van der Waals surface area contributed by atoms with E-state index in [0.717, 1.165) is 26.2 Å². The monoisotopic (exact) mass is 198 g/mol. The zero-order valence-corrected chi connectivity index (χ0v) is 9.12. The number of hydrogen-bond donors (Lipinski definition) is 0. The van der Waals surface area contributed by atoms with E-state index in [4.69, 9.17) is 0 Å². The van der Waals surface area contributed by atoms with E-state index < -0.39 is 0 Å². The van der Waals surface area contributed by atoms with Gasteiger partial charge in [-0.2, -0.15) is 0 Å². The van der Waals surface area contributed by atoms with Crippen molar-refractivity contribution in [3.63, 3.8) is 0 Å². The molecule has 1 heterocycles. The van der Waals surface area contributed by atoms with Crippen LogP contribution in [0.4, 0.5) is 0 Å². The maximum atomic E-state index is 11.1. The minimum Gasteiger partial charge on any atom is -0.340 e. The third kappa shape index (κ3) is 2.54. The SMILES string of the molecule is CC(=O)C(C)N1CCN(C(C)=O)CC1. The van der Waals surface area contributed by atoms with Gasteiger partial charge in [0.25, 0.3) is 0 Å². The average Bonchev–Trinajstić information content (AvgIpc) is 2.16. The second-order valence-corrected chi connectivity index (χ2v) is 3.83. The van der Waals surface area contributed by atoms with Crippen LogP contribution in [0.25, 0.3) is 0 Å². The van der Waals surface area contributed by atoms with E-state index in [2.05, 4.69) is 4.90 Å². The van der Waals surface area contributed by atoms with Crippen molar-refractivity contribution in [2.45, 2.75) is 26.8 Å². The summed E-state index contributed by atoms with van der Waals surface area (Å²) < 4.78 is 0. The molecular weight excluding hydrogens is 180 g/mol. The lowest BCUT2D eigenvalue weighted by Crippen LogP contribution is -2.52. The van der Waals surface area contributed by atoms with Crippen LogP contribution < -0.4 is 0 Å². The number of rotatable bonds is 2. The van der Waals surface area contributed by atoms with E-state index in [0.29, 0.717) is 0 Å². The molecule has 4 nitrogen and oxygen atoms in total. The molecule has 0 N–H and O–H groups in total. The number of ketones is 1. The van der Waals surface area contributed by atoms with E-state index in [9.17, 15) is 9.59 Å². The molecule has 1 saturated heterocycles. The molecule has 0 aromatic carbocycles. The van der Waals surface area contributed by atoms with Crippen molar-refractivity contribution in [3.05, 3.63) is 0 Å². The quantitative estimate of drug-likeness (QED) is 0.633. The Bertz CT molecular complexity index is 232. The fraction of sp³-hybridized carbons (Fsp3) is 0.800. The van der Waals surface area contributed by atoms with Crippen molar-refractivity contribution in [2.24, 2.45) is 0 Å². The average molecular weight is 198 g/mol. The zero-order chi connectivity index (χ0) is 10.7. The van der Waals surface area contributed by atoms with Crippen molar-refractivity contribution in [1.29, 1.82) is 0 Å². The largest absolute Gasteiger partial charge is 0.340 e. The highest BCUT2D eigenvalue weighted by atomic mass is 16.2. The first-order valence-corrected chi connectivity index (χ1v) is 5.02. The lowest BCUT2D eigenvalue weighted by molar-refractivity contribution is -0.131. The highest BCUT2D eigenvalue weighted by Gasteiger charge is 2.23. The molecule has 1 rings (SSSR count). The predicted octanol–water partition coefficient (Wildman–Crippen LogP) is 0.128. The van der Waals surface area contributed by atoms with Crippen molar-refractivity contribution in [1.82, 2.24) is 9.80 Å². The number of hydrogen-bond acceptors (Lipinski definition) is 3. The van der Waals surface area contributed by atoms with Crippen molar-refractivity contribution in [3.8, 4) is 0 Å². The van der Waals surface area contributed by atoms with Crippen molar-refractivity contribution < 1.29 is 9.59 Å². The molecule has 0 bridgehead atoms. The Labute approximate surface area is 84.9 Å². The lowest BCUT2D eigenvalue weighted by atomic mass is 10.1. The van der Waals surface area contributed by atoms with Crippen LogP contribution in [0.1, 0.15) is 20.8 Å². The second kappa shape index (κ2) is 4.55. The first-order valence-electron chi connectivity index (χ1n) is 5.02. The molecule has 0 aromatic heterocycles. The topological polar surface area (TPSA) is 40.6 Å². The van der Waals surface area contributed by atoms with Gasteiger partial charge in [-0.05, 0) is 13.8 Å². The third-order valence-corrected chi connectivity index (χ3v) is 2.90. The normalized spacial score (nSPS) is 20.6. The van der Waals surface area contributed by atoms with Crippen LogP contribution in [0.3, 0.4) is 0 Å². The molecule has 0 aromatic rings. The van der Waals surface area contributed by atoms with Crippen LogP contribution in [-0.4, -0.2) is 53.7 Å². The molecule has 0 aliphatic carbocycles. The van der Waals surface area contributed by atoms with E-state index in [-0.39, 0.29) is 17.7 Å². The number of piperazine rings is 1. The van der Waals surface area contributed by atoms with E-state index >= 15 is 0 Å². The molecule has 1 unspecified atom stereocenters. The minimum absolute atomic E-state index is 0.0101. The van der Waals surface area contributed by atoms with Crippen LogP contribution in [-0.2, 0) is 9.59 Å². The first-order chi connectivity index (χ1) is 6.52. The highest BCUT2D eigenvalue weighted by molar-refractivity contribution is 5.81. The van der Waals surface area contributed by atoms with Gasteiger partial charge in [0.2, 0.25) is 5.91 Å². The summed E-state index contributed by atoms with van der Waals surface area (Å²) in [5.41, 5.74) is 0. The Morgan fingerprint density at radius 2 is 1.57 bits per heavy atom. The van der Waals surface area contributed by atoms with Gasteiger partial charge in [-0.1, -0.05) is 0 Å². The third-order valence-electron chi connectivity index (χ3n) is 2.90. The van der Waals surface area contributed by atoms with Gasteiger partial charge < -0.3 is 4.90 Å². The van der Waals surface area contributed by atoms with E-state index in [1.54, 1.807) is 13.8 Å². The summed E-state index contributed by atoms with van der Waals surface area (Å²) in [6.07, 6.45) is 0. The van der Waals surface area contributed by atoms with Crippen LogP contribution in [0.15, 0.2) is 0 Å². The molecule has 14 heavy (non-hydrogen) atoms. The molecule has 0 saturated carbocycles. The number of carbonyl (C=O) groups is 2. The van der Waals surface area contributed by atoms with Crippen LogP contribution >= 0.6 is 0 Å². The van der Waals surface area contributed by atoms with Gasteiger partial charge >= 0.3 is 0 Å². The maximum Gasteiger partial charge on any atom is 0.219 e. The summed E-state index contributed by atoms with van der Waals surface area (Å²) in [6, 6.07) is -0.0101. The van der Waals surface area contributed by atoms with Crippen LogP contribution in [0.5, 0.6) is 0 Å². The van der Waals surface area contributed by atoms with Gasteiger partial charge in [-0.25, -0.2) is 0 Å². The van der Waals surface area contributed by atoms with E-state index in [1.165, 1.54) is 0 Å². The van der Waals surface area contributed by atoms with Gasteiger partial charge in [-0.3, -0.25) is 14.5 Å². The Kier molecular flexibility index (Phi) is 3.63. The van der Waals surface area contributed by atoms with Crippen LogP contribution in [0, 0.1) is 0 Å². The lowest BCUT2D eigenvalue weighted by Gasteiger charge is -2.36. The fourth-order valence-electron chi connectivity index (χ4n) is 1.68. The van der Waals surface area contributed by atoms with Crippen molar-refractivity contribution >= 4 is 11.7 Å². The summed E-state index contributed by atoms with van der Waals surface area (Å²) in [6.45, 7) is 8.22. The number of amides is 1. The maximum absolute atomic E-state index is 11.1. The fourth-order valence-corrected chi connectivity index (χ4v) is 1.68. The summed E-state index contributed by atoms with van der Waals surface area (Å²) >= 11 is 0. The predicted molar refractivity (Wildman–Crippen MR) is 54.0 cm³/mol. The molecule has 80 valence electrons. The number of Topliss-reactive ketones (excluding diaryl/α,β-unsaturated/α-hetero) is 1. The molecule has 4 heteroatoms. The summed E-state index contributed by atoms with van der Waals surface area (Å²) in [4.78, 5) is 26.1. The van der Waals surface area contributed by atoms with Gasteiger partial charge in [0.05, 0.1) is 6.04 Å². The first kappa shape index (κ1) is 11.2. The Hall–Kier alpha value is -0.900. The van der Waals surface area contributed by atoms with Gasteiger partial charge in [0.15, 0.2) is 0 Å². The summed E-state index contributed by atoms with van der Waals surface area (Å²) in [5, 5.41) is 0.